The molecule has 0 aromatic carbocycles. The largest absolute Gasteiger partial charge is 0.443 e. The van der Waals surface area contributed by atoms with E-state index in [0.717, 1.165) is 4.88 Å². The molecule has 11 heteroatoms. The molecule has 3 aromatic rings. The highest BCUT2D eigenvalue weighted by Gasteiger charge is 2.29. The van der Waals surface area contributed by atoms with Crippen molar-refractivity contribution in [2.24, 2.45) is 0 Å². The summed E-state index contributed by atoms with van der Waals surface area (Å²) in [5, 5.41) is 3.81. The van der Waals surface area contributed by atoms with Crippen LogP contribution in [0, 0.1) is 5.82 Å². The van der Waals surface area contributed by atoms with Crippen LogP contribution in [-0.2, 0) is 11.3 Å². The Morgan fingerprint density at radius 2 is 2.23 bits per heavy atom. The highest BCUT2D eigenvalue weighted by atomic mass is 79.9. The van der Waals surface area contributed by atoms with Gasteiger partial charge in [-0.05, 0) is 65.9 Å². The fourth-order valence-corrected chi connectivity index (χ4v) is 3.29. The van der Waals surface area contributed by atoms with Crippen molar-refractivity contribution in [1.29, 1.82) is 0 Å². The lowest BCUT2D eigenvalue weighted by atomic mass is 10.2. The van der Waals surface area contributed by atoms with Gasteiger partial charge < -0.3 is 4.74 Å². The van der Waals surface area contributed by atoms with Crippen LogP contribution in [-0.4, -0.2) is 30.7 Å². The van der Waals surface area contributed by atoms with E-state index in [0.29, 0.717) is 0 Å². The van der Waals surface area contributed by atoms with E-state index in [9.17, 15) is 9.18 Å². The first-order valence-electron chi connectivity index (χ1n) is 7.45. The first-order valence-corrected chi connectivity index (χ1v) is 9.40. The quantitative estimate of drug-likeness (QED) is 0.565. The molecule has 0 spiro atoms. The predicted molar refractivity (Wildman–Crippen MR) is 100 cm³/mol. The molecule has 3 aromatic heterocycles. The van der Waals surface area contributed by atoms with Gasteiger partial charge in [0.1, 0.15) is 11.1 Å². The number of hydrogen-bond acceptors (Lipinski definition) is 6. The number of carbonyl (C=O) groups excluding carboxylic acids is 1. The molecule has 0 saturated heterocycles. The summed E-state index contributed by atoms with van der Waals surface area (Å²) >= 11 is 10.3. The highest BCUT2D eigenvalue weighted by molar-refractivity contribution is 9.10. The second kappa shape index (κ2) is 7.09. The van der Waals surface area contributed by atoms with E-state index in [1.165, 1.54) is 27.1 Å². The normalized spacial score (nSPS) is 11.8. The Morgan fingerprint density at radius 1 is 1.50 bits per heavy atom. The maximum Gasteiger partial charge on any atom is 0.416 e. The zero-order valence-corrected chi connectivity index (χ0v) is 17.2. The van der Waals surface area contributed by atoms with Gasteiger partial charge in [-0.15, -0.1) is 5.10 Å². The zero-order chi connectivity index (χ0) is 19.1. The summed E-state index contributed by atoms with van der Waals surface area (Å²) in [5.41, 5.74) is -0.728. The average Bonchev–Trinajstić information content (AvgIpc) is 3.11. The Hall–Kier alpha value is -1.78. The van der Waals surface area contributed by atoms with Crippen LogP contribution in [0.3, 0.4) is 0 Å². The van der Waals surface area contributed by atoms with Gasteiger partial charge in [0, 0.05) is 17.3 Å². The lowest BCUT2D eigenvalue weighted by Crippen LogP contribution is -2.37. The smallest absolute Gasteiger partial charge is 0.416 e. The Labute approximate surface area is 166 Å². The second-order valence-electron chi connectivity index (χ2n) is 6.33. The van der Waals surface area contributed by atoms with Crippen LogP contribution in [0.15, 0.2) is 22.9 Å². The van der Waals surface area contributed by atoms with Crippen molar-refractivity contribution in [2.75, 3.05) is 4.90 Å². The number of aromatic nitrogens is 4. The van der Waals surface area contributed by atoms with Gasteiger partial charge in [-0.1, -0.05) is 0 Å². The molecule has 0 N–H and O–H groups in total. The summed E-state index contributed by atoms with van der Waals surface area (Å²) < 4.78 is 25.5. The van der Waals surface area contributed by atoms with Crippen molar-refractivity contribution in [1.82, 2.24) is 19.0 Å². The van der Waals surface area contributed by atoms with Crippen LogP contribution in [0.5, 0.6) is 0 Å². The van der Waals surface area contributed by atoms with Gasteiger partial charge in [-0.3, -0.25) is 4.90 Å². The lowest BCUT2D eigenvalue weighted by Gasteiger charge is -2.26. The van der Waals surface area contributed by atoms with Gasteiger partial charge in [0.15, 0.2) is 11.6 Å². The summed E-state index contributed by atoms with van der Waals surface area (Å²) in [7, 11) is 0. The van der Waals surface area contributed by atoms with Crippen LogP contribution in [0.25, 0.3) is 5.52 Å². The number of fused-ring (bicyclic) bond motifs is 1. The SMILES string of the molecule is CC(C)(C)OC(=O)N(Cc1ccns1)c1nc(Cl)nn2cc(Br)c(F)c12. The van der Waals surface area contributed by atoms with E-state index in [1.807, 2.05) is 0 Å². The summed E-state index contributed by atoms with van der Waals surface area (Å²) in [6.07, 6.45) is 2.34. The number of carbonyl (C=O) groups is 1. The first kappa shape index (κ1) is 19.0. The zero-order valence-electron chi connectivity index (χ0n) is 14.0. The number of halogens is 3. The second-order valence-corrected chi connectivity index (χ2v) is 8.44. The summed E-state index contributed by atoms with van der Waals surface area (Å²) in [5.74, 6) is -0.592. The fraction of sp³-hybridized carbons (Fsp3) is 0.333. The van der Waals surface area contributed by atoms with E-state index in [2.05, 4.69) is 30.4 Å². The van der Waals surface area contributed by atoms with Crippen LogP contribution < -0.4 is 4.90 Å². The van der Waals surface area contributed by atoms with Crippen LogP contribution in [0.2, 0.25) is 5.28 Å². The number of amides is 1. The number of anilines is 1. The third-order valence-electron chi connectivity index (χ3n) is 3.16. The highest BCUT2D eigenvalue weighted by Crippen LogP contribution is 2.31. The maximum absolute atomic E-state index is 14.6. The predicted octanol–water partition coefficient (Wildman–Crippen LogP) is 4.68. The molecule has 1 amide bonds. The molecule has 138 valence electrons. The van der Waals surface area contributed by atoms with E-state index in [4.69, 9.17) is 16.3 Å². The van der Waals surface area contributed by atoms with Gasteiger partial charge in [-0.25, -0.2) is 18.1 Å². The van der Waals surface area contributed by atoms with Gasteiger partial charge in [0.25, 0.3) is 0 Å². The molecule has 0 unspecified atom stereocenters. The van der Waals surface area contributed by atoms with Crippen molar-refractivity contribution >= 4 is 56.5 Å². The third kappa shape index (κ3) is 3.97. The van der Waals surface area contributed by atoms with Crippen molar-refractivity contribution in [3.05, 3.63) is 38.9 Å². The minimum Gasteiger partial charge on any atom is -0.443 e. The molecule has 0 aliphatic heterocycles. The average molecular weight is 463 g/mol. The van der Waals surface area contributed by atoms with Crippen molar-refractivity contribution in [2.45, 2.75) is 32.9 Å². The Balaban J connectivity index is 2.15. The number of nitrogens with zero attached hydrogens (tertiary/aromatic N) is 5. The van der Waals surface area contributed by atoms with Gasteiger partial charge in [0.2, 0.25) is 5.28 Å². The van der Waals surface area contributed by atoms with Gasteiger partial charge in [-0.2, -0.15) is 4.98 Å². The van der Waals surface area contributed by atoms with Crippen molar-refractivity contribution < 1.29 is 13.9 Å². The minimum absolute atomic E-state index is 0.0100. The molecule has 0 atom stereocenters. The molecule has 0 fully saturated rings. The molecular weight excluding hydrogens is 449 g/mol. The van der Waals surface area contributed by atoms with E-state index in [1.54, 1.807) is 33.0 Å². The number of ether oxygens (including phenoxy) is 1. The van der Waals surface area contributed by atoms with E-state index >= 15 is 0 Å². The van der Waals surface area contributed by atoms with Crippen molar-refractivity contribution in [3.8, 4) is 0 Å². The molecule has 7 nitrogen and oxygen atoms in total. The molecular formula is C15H14BrClFN5O2S. The van der Waals surface area contributed by atoms with E-state index in [-0.39, 0.29) is 27.6 Å². The molecule has 0 bridgehead atoms. The summed E-state index contributed by atoms with van der Waals surface area (Å²) in [4.78, 5) is 18.9. The topological polar surface area (TPSA) is 72.6 Å². The molecule has 0 radical (unpaired) electrons. The Morgan fingerprint density at radius 3 is 2.85 bits per heavy atom. The Kier molecular flexibility index (Phi) is 5.18. The summed E-state index contributed by atoms with van der Waals surface area (Å²) in [6, 6.07) is 1.76. The number of hydrogen-bond donors (Lipinski definition) is 0. The maximum atomic E-state index is 14.6. The monoisotopic (exact) mass is 461 g/mol. The van der Waals surface area contributed by atoms with Crippen LogP contribution >= 0.6 is 39.1 Å². The first-order chi connectivity index (χ1) is 12.2. The molecule has 26 heavy (non-hydrogen) atoms. The summed E-state index contributed by atoms with van der Waals surface area (Å²) in [6.45, 7) is 5.33. The molecule has 0 aliphatic carbocycles. The molecule has 3 heterocycles. The standard InChI is InChI=1S/C15H14BrClFN5O2S/c1-15(2,3)25-14(24)22(6-8-4-5-19-26-8)12-11-10(18)9(16)7-23(11)21-13(17)20-12/h4-5,7H,6H2,1-3H3. The fourth-order valence-electron chi connectivity index (χ4n) is 2.18. The molecule has 0 aliphatic rings. The third-order valence-corrected chi connectivity index (χ3v) is 4.60. The molecule has 3 rings (SSSR count). The van der Waals surface area contributed by atoms with Crippen LogP contribution in [0.1, 0.15) is 25.6 Å². The van der Waals surface area contributed by atoms with Gasteiger partial charge in [0.05, 0.1) is 11.0 Å². The minimum atomic E-state index is -0.739. The van der Waals surface area contributed by atoms with Crippen LogP contribution in [0.4, 0.5) is 15.0 Å². The van der Waals surface area contributed by atoms with E-state index < -0.39 is 17.5 Å². The van der Waals surface area contributed by atoms with Crippen molar-refractivity contribution in [3.63, 3.8) is 0 Å². The lowest BCUT2D eigenvalue weighted by molar-refractivity contribution is 0.0577. The molecule has 0 saturated carbocycles. The van der Waals surface area contributed by atoms with Gasteiger partial charge >= 0.3 is 6.09 Å². The number of rotatable bonds is 3. The Bertz CT molecular complexity index is 957.